The van der Waals surface area contributed by atoms with Crippen molar-refractivity contribution >= 4 is 11.6 Å². The van der Waals surface area contributed by atoms with Gasteiger partial charge in [-0.05, 0) is 80.5 Å². The SMILES string of the molecule is c1c[nH]c(N(c2ccc[nH]2)C23CC4CC(CC(C4)C2)C3)c1. The van der Waals surface area contributed by atoms with Crippen LogP contribution in [-0.4, -0.2) is 15.5 Å². The largest absolute Gasteiger partial charge is 0.348 e. The minimum atomic E-state index is 0.338. The summed E-state index contributed by atoms with van der Waals surface area (Å²) in [6.07, 6.45) is 12.7. The van der Waals surface area contributed by atoms with Gasteiger partial charge in [0.1, 0.15) is 11.6 Å². The Balaban J connectivity index is 1.62. The number of nitrogens with zero attached hydrogens (tertiary/aromatic N) is 1. The van der Waals surface area contributed by atoms with Crippen LogP contribution in [0.4, 0.5) is 11.6 Å². The molecule has 110 valence electrons. The Morgan fingerprint density at radius 3 is 1.67 bits per heavy atom. The number of anilines is 2. The molecule has 4 saturated carbocycles. The van der Waals surface area contributed by atoms with Crippen LogP contribution in [0.3, 0.4) is 0 Å². The van der Waals surface area contributed by atoms with Gasteiger partial charge in [-0.3, -0.25) is 0 Å². The van der Waals surface area contributed by atoms with Crippen molar-refractivity contribution in [1.29, 1.82) is 0 Å². The second-order valence-corrected chi connectivity index (χ2v) is 7.59. The van der Waals surface area contributed by atoms with Gasteiger partial charge in [0.25, 0.3) is 0 Å². The Bertz CT molecular complexity index is 541. The van der Waals surface area contributed by atoms with Crippen molar-refractivity contribution in [3.63, 3.8) is 0 Å². The minimum Gasteiger partial charge on any atom is -0.348 e. The van der Waals surface area contributed by atoms with Gasteiger partial charge in [-0.15, -0.1) is 0 Å². The average Bonchev–Trinajstić information content (AvgIpc) is 3.10. The molecule has 3 nitrogen and oxygen atoms in total. The van der Waals surface area contributed by atoms with Crippen LogP contribution in [0.5, 0.6) is 0 Å². The van der Waals surface area contributed by atoms with Crippen molar-refractivity contribution in [2.75, 3.05) is 4.90 Å². The van der Waals surface area contributed by atoms with Crippen molar-refractivity contribution in [1.82, 2.24) is 9.97 Å². The van der Waals surface area contributed by atoms with Gasteiger partial charge in [-0.25, -0.2) is 0 Å². The summed E-state index contributed by atoms with van der Waals surface area (Å²) < 4.78 is 0. The van der Waals surface area contributed by atoms with E-state index < -0.39 is 0 Å². The molecule has 3 heteroatoms. The van der Waals surface area contributed by atoms with E-state index in [4.69, 9.17) is 0 Å². The average molecular weight is 281 g/mol. The predicted octanol–water partition coefficient (Wildman–Crippen LogP) is 4.45. The topological polar surface area (TPSA) is 34.8 Å². The van der Waals surface area contributed by atoms with Gasteiger partial charge >= 0.3 is 0 Å². The van der Waals surface area contributed by atoms with Crippen LogP contribution in [0, 0.1) is 17.8 Å². The molecule has 4 aliphatic rings. The predicted molar refractivity (Wildman–Crippen MR) is 84.6 cm³/mol. The lowest BCUT2D eigenvalue weighted by atomic mass is 9.52. The normalized spacial score (nSPS) is 37.0. The van der Waals surface area contributed by atoms with Crippen LogP contribution < -0.4 is 4.90 Å². The van der Waals surface area contributed by atoms with Crippen molar-refractivity contribution in [3.05, 3.63) is 36.7 Å². The molecule has 4 fully saturated rings. The Hall–Kier alpha value is -1.64. The van der Waals surface area contributed by atoms with Gasteiger partial charge < -0.3 is 14.9 Å². The zero-order valence-corrected chi connectivity index (χ0v) is 12.4. The smallest absolute Gasteiger partial charge is 0.111 e. The van der Waals surface area contributed by atoms with E-state index in [1.165, 1.54) is 50.2 Å². The van der Waals surface area contributed by atoms with Crippen molar-refractivity contribution in [2.24, 2.45) is 17.8 Å². The fourth-order valence-electron chi connectivity index (χ4n) is 5.90. The number of nitrogens with one attached hydrogen (secondary N) is 2. The lowest BCUT2D eigenvalue weighted by Crippen LogP contribution is -2.59. The molecule has 2 aromatic rings. The molecular formula is C18H23N3. The van der Waals surface area contributed by atoms with Crippen LogP contribution in [0.15, 0.2) is 36.7 Å². The molecule has 0 spiro atoms. The molecule has 2 aromatic heterocycles. The van der Waals surface area contributed by atoms with E-state index in [0.717, 1.165) is 17.8 Å². The summed E-state index contributed by atoms with van der Waals surface area (Å²) in [5, 5.41) is 0. The summed E-state index contributed by atoms with van der Waals surface area (Å²) in [7, 11) is 0. The Morgan fingerprint density at radius 2 is 1.29 bits per heavy atom. The standard InChI is InChI=1S/C18H23N3/c1-3-16(19-5-1)21(17-4-2-6-20-17)18-10-13-7-14(11-18)9-15(8-13)12-18/h1-6,13-15,19-20H,7-12H2. The van der Waals surface area contributed by atoms with Crippen LogP contribution >= 0.6 is 0 Å². The third-order valence-corrected chi connectivity index (χ3v) is 6.13. The maximum Gasteiger partial charge on any atom is 0.111 e. The molecule has 2 N–H and O–H groups in total. The number of rotatable bonds is 3. The summed E-state index contributed by atoms with van der Waals surface area (Å²) in [6.45, 7) is 0. The van der Waals surface area contributed by atoms with E-state index in [9.17, 15) is 0 Å². The molecule has 0 unspecified atom stereocenters. The number of hydrogen-bond acceptors (Lipinski definition) is 1. The van der Waals surface area contributed by atoms with Gasteiger partial charge in [0.05, 0.1) is 0 Å². The van der Waals surface area contributed by atoms with E-state index in [2.05, 4.69) is 39.1 Å². The van der Waals surface area contributed by atoms with Crippen LogP contribution in [0.25, 0.3) is 0 Å². The van der Waals surface area contributed by atoms with Crippen molar-refractivity contribution in [3.8, 4) is 0 Å². The van der Waals surface area contributed by atoms with Crippen LogP contribution in [0.1, 0.15) is 38.5 Å². The van der Waals surface area contributed by atoms with Gasteiger partial charge in [0.15, 0.2) is 0 Å². The molecule has 0 atom stereocenters. The maximum absolute atomic E-state index is 3.46. The summed E-state index contributed by atoms with van der Waals surface area (Å²) in [5.41, 5.74) is 0.338. The highest BCUT2D eigenvalue weighted by Gasteiger charge is 2.54. The fraction of sp³-hybridized carbons (Fsp3) is 0.556. The molecule has 0 aromatic carbocycles. The van der Waals surface area contributed by atoms with Gasteiger partial charge in [0.2, 0.25) is 0 Å². The van der Waals surface area contributed by atoms with Gasteiger partial charge in [-0.1, -0.05) is 0 Å². The Kier molecular flexibility index (Phi) is 2.38. The summed E-state index contributed by atoms with van der Waals surface area (Å²) >= 11 is 0. The van der Waals surface area contributed by atoms with Gasteiger partial charge in [0, 0.05) is 17.9 Å². The number of hydrogen-bond donors (Lipinski definition) is 2. The highest BCUT2D eigenvalue weighted by atomic mass is 15.3. The molecule has 21 heavy (non-hydrogen) atoms. The minimum absolute atomic E-state index is 0.338. The maximum atomic E-state index is 3.46. The summed E-state index contributed by atoms with van der Waals surface area (Å²) in [4.78, 5) is 9.51. The number of H-pyrrole nitrogens is 2. The number of aromatic nitrogens is 2. The lowest BCUT2D eigenvalue weighted by Gasteiger charge is -2.60. The van der Waals surface area contributed by atoms with Crippen LogP contribution in [-0.2, 0) is 0 Å². The molecule has 0 saturated heterocycles. The Morgan fingerprint density at radius 1 is 0.810 bits per heavy atom. The first-order chi connectivity index (χ1) is 10.3. The zero-order valence-electron chi connectivity index (χ0n) is 12.4. The first-order valence-corrected chi connectivity index (χ1v) is 8.39. The molecule has 0 radical (unpaired) electrons. The van der Waals surface area contributed by atoms with Crippen molar-refractivity contribution < 1.29 is 0 Å². The quantitative estimate of drug-likeness (QED) is 0.856. The van der Waals surface area contributed by atoms with E-state index in [1.54, 1.807) is 0 Å². The van der Waals surface area contributed by atoms with E-state index in [0.29, 0.717) is 5.54 Å². The second-order valence-electron chi connectivity index (χ2n) is 7.59. The zero-order chi connectivity index (χ0) is 13.9. The highest BCUT2D eigenvalue weighted by molar-refractivity contribution is 5.60. The molecule has 0 aliphatic heterocycles. The lowest BCUT2D eigenvalue weighted by molar-refractivity contribution is 0.0000946. The molecule has 4 bridgehead atoms. The first-order valence-electron chi connectivity index (χ1n) is 8.39. The molecule has 4 aliphatic carbocycles. The second kappa shape index (κ2) is 4.19. The first kappa shape index (κ1) is 12.0. The number of aromatic amines is 2. The van der Waals surface area contributed by atoms with Gasteiger partial charge in [-0.2, -0.15) is 0 Å². The molecule has 6 rings (SSSR count). The highest BCUT2D eigenvalue weighted by Crippen LogP contribution is 2.59. The third-order valence-electron chi connectivity index (χ3n) is 6.13. The molecule has 2 heterocycles. The van der Waals surface area contributed by atoms with Crippen molar-refractivity contribution in [2.45, 2.75) is 44.1 Å². The molecule has 0 amide bonds. The Labute approximate surface area is 125 Å². The third kappa shape index (κ3) is 1.73. The molecular weight excluding hydrogens is 258 g/mol. The van der Waals surface area contributed by atoms with E-state index in [1.807, 2.05) is 12.4 Å². The van der Waals surface area contributed by atoms with E-state index in [-0.39, 0.29) is 0 Å². The summed E-state index contributed by atoms with van der Waals surface area (Å²) in [5.74, 6) is 5.38. The summed E-state index contributed by atoms with van der Waals surface area (Å²) in [6, 6.07) is 8.68. The monoisotopic (exact) mass is 281 g/mol. The van der Waals surface area contributed by atoms with E-state index >= 15 is 0 Å². The fourth-order valence-corrected chi connectivity index (χ4v) is 5.90. The van der Waals surface area contributed by atoms with Crippen LogP contribution in [0.2, 0.25) is 0 Å².